The van der Waals surface area contributed by atoms with Gasteiger partial charge in [-0.25, -0.2) is 14.6 Å². The maximum atomic E-state index is 5.35. The Balaban J connectivity index is 1.66. The molecule has 0 bridgehead atoms. The van der Waals surface area contributed by atoms with E-state index in [1.165, 1.54) is 11.9 Å². The van der Waals surface area contributed by atoms with Gasteiger partial charge in [-0.2, -0.15) is 5.10 Å². The number of anilines is 1. The van der Waals surface area contributed by atoms with Crippen LogP contribution in [0.15, 0.2) is 55.2 Å². The summed E-state index contributed by atoms with van der Waals surface area (Å²) in [6.45, 7) is 4.67. The average Bonchev–Trinajstić information content (AvgIpc) is 3.11. The Morgan fingerprint density at radius 2 is 2.00 bits per heavy atom. The second-order valence-electron chi connectivity index (χ2n) is 5.12. The molecule has 6 nitrogen and oxygen atoms in total. The molecule has 1 unspecified atom stereocenters. The Bertz CT molecular complexity index is 723. The van der Waals surface area contributed by atoms with Gasteiger partial charge in [0, 0.05) is 12.1 Å². The molecule has 0 fully saturated rings. The number of rotatable bonds is 6. The summed E-state index contributed by atoms with van der Waals surface area (Å²) < 4.78 is 7.08. The summed E-state index contributed by atoms with van der Waals surface area (Å²) in [5, 5.41) is 7.55. The third-order valence-corrected chi connectivity index (χ3v) is 3.49. The first-order valence-corrected chi connectivity index (χ1v) is 7.56. The van der Waals surface area contributed by atoms with Crippen molar-refractivity contribution in [1.82, 2.24) is 19.7 Å². The maximum Gasteiger partial charge on any atom is 0.213 e. The molecule has 3 rings (SSSR count). The zero-order valence-corrected chi connectivity index (χ0v) is 13.2. The van der Waals surface area contributed by atoms with Crippen molar-refractivity contribution in [2.45, 2.75) is 19.9 Å². The lowest BCUT2D eigenvalue weighted by atomic mass is 10.1. The highest BCUT2D eigenvalue weighted by Gasteiger charge is 2.06. The molecule has 2 heterocycles. The largest absolute Gasteiger partial charge is 0.478 e. The lowest BCUT2D eigenvalue weighted by Crippen LogP contribution is -2.07. The van der Waals surface area contributed by atoms with Gasteiger partial charge in [-0.15, -0.1) is 0 Å². The minimum atomic E-state index is 0.166. The Hall–Kier alpha value is -2.89. The molecule has 0 saturated carbocycles. The molecule has 0 aliphatic rings. The summed E-state index contributed by atoms with van der Waals surface area (Å²) in [6.07, 6.45) is 4.99. The molecule has 0 radical (unpaired) electrons. The highest BCUT2D eigenvalue weighted by Crippen LogP contribution is 2.21. The second kappa shape index (κ2) is 6.91. The van der Waals surface area contributed by atoms with Crippen molar-refractivity contribution in [2.75, 3.05) is 11.9 Å². The molecular weight excluding hydrogens is 290 g/mol. The van der Waals surface area contributed by atoms with Crippen LogP contribution in [0.1, 0.15) is 25.5 Å². The van der Waals surface area contributed by atoms with E-state index in [1.54, 1.807) is 17.2 Å². The number of nitrogens with zero attached hydrogens (tertiary/aromatic N) is 4. The van der Waals surface area contributed by atoms with Gasteiger partial charge in [0.1, 0.15) is 12.7 Å². The van der Waals surface area contributed by atoms with E-state index in [1.807, 2.05) is 31.2 Å². The Labute approximate surface area is 135 Å². The van der Waals surface area contributed by atoms with Crippen molar-refractivity contribution in [3.8, 4) is 11.6 Å². The highest BCUT2D eigenvalue weighted by molar-refractivity contribution is 5.45. The number of hydrogen-bond donors (Lipinski definition) is 1. The second-order valence-corrected chi connectivity index (χ2v) is 5.12. The van der Waals surface area contributed by atoms with E-state index in [-0.39, 0.29) is 6.04 Å². The molecule has 0 aliphatic carbocycles. The molecule has 0 saturated heterocycles. The quantitative estimate of drug-likeness (QED) is 0.757. The minimum absolute atomic E-state index is 0.166. The number of nitrogens with one attached hydrogen (secondary N) is 1. The fourth-order valence-electron chi connectivity index (χ4n) is 2.29. The van der Waals surface area contributed by atoms with Crippen molar-refractivity contribution < 1.29 is 4.74 Å². The SMILES string of the molecule is CCOc1ccc(NC(C)c2ccc(-n3cncn3)cc2)cn1. The van der Waals surface area contributed by atoms with E-state index >= 15 is 0 Å². The van der Waals surface area contributed by atoms with Gasteiger partial charge in [-0.05, 0) is 37.6 Å². The highest BCUT2D eigenvalue weighted by atomic mass is 16.5. The number of ether oxygens (including phenoxy) is 1. The topological polar surface area (TPSA) is 64.9 Å². The molecule has 118 valence electrons. The molecule has 0 amide bonds. The molecule has 3 aromatic rings. The van der Waals surface area contributed by atoms with Crippen LogP contribution < -0.4 is 10.1 Å². The third-order valence-electron chi connectivity index (χ3n) is 3.49. The Kier molecular flexibility index (Phi) is 4.52. The van der Waals surface area contributed by atoms with E-state index in [2.05, 4.69) is 39.4 Å². The lowest BCUT2D eigenvalue weighted by Gasteiger charge is -2.16. The van der Waals surface area contributed by atoms with Crippen LogP contribution in [0.3, 0.4) is 0 Å². The maximum absolute atomic E-state index is 5.35. The summed E-state index contributed by atoms with van der Waals surface area (Å²) >= 11 is 0. The van der Waals surface area contributed by atoms with Gasteiger partial charge in [-0.1, -0.05) is 12.1 Å². The molecular formula is C17H19N5O. The van der Waals surface area contributed by atoms with Gasteiger partial charge in [0.05, 0.1) is 24.2 Å². The first kappa shape index (κ1) is 15.0. The van der Waals surface area contributed by atoms with Crippen LogP contribution in [-0.2, 0) is 0 Å². The number of benzene rings is 1. The molecule has 23 heavy (non-hydrogen) atoms. The summed E-state index contributed by atoms with van der Waals surface area (Å²) in [4.78, 5) is 8.21. The van der Waals surface area contributed by atoms with Crippen LogP contribution in [0.4, 0.5) is 5.69 Å². The number of pyridine rings is 1. The van der Waals surface area contributed by atoms with E-state index in [4.69, 9.17) is 4.74 Å². The predicted molar refractivity (Wildman–Crippen MR) is 88.8 cm³/mol. The third kappa shape index (κ3) is 3.66. The van der Waals surface area contributed by atoms with Crippen LogP contribution in [0.5, 0.6) is 5.88 Å². The molecule has 0 spiro atoms. The Morgan fingerprint density at radius 1 is 1.17 bits per heavy atom. The van der Waals surface area contributed by atoms with E-state index in [0.29, 0.717) is 12.5 Å². The minimum Gasteiger partial charge on any atom is -0.478 e. The van der Waals surface area contributed by atoms with E-state index < -0.39 is 0 Å². The monoisotopic (exact) mass is 309 g/mol. The van der Waals surface area contributed by atoms with Gasteiger partial charge < -0.3 is 10.1 Å². The van der Waals surface area contributed by atoms with Gasteiger partial charge in [-0.3, -0.25) is 0 Å². The van der Waals surface area contributed by atoms with Crippen LogP contribution in [0.2, 0.25) is 0 Å². The number of aromatic nitrogens is 4. The molecule has 1 atom stereocenters. The smallest absolute Gasteiger partial charge is 0.213 e. The van der Waals surface area contributed by atoms with E-state index in [0.717, 1.165) is 11.4 Å². The fourth-order valence-corrected chi connectivity index (χ4v) is 2.29. The molecule has 1 N–H and O–H groups in total. The molecule has 2 aromatic heterocycles. The van der Waals surface area contributed by atoms with Crippen LogP contribution in [-0.4, -0.2) is 26.4 Å². The van der Waals surface area contributed by atoms with Crippen molar-refractivity contribution in [3.63, 3.8) is 0 Å². The van der Waals surface area contributed by atoms with Gasteiger partial charge >= 0.3 is 0 Å². The van der Waals surface area contributed by atoms with Gasteiger partial charge in [0.25, 0.3) is 0 Å². The van der Waals surface area contributed by atoms with Gasteiger partial charge in [0.2, 0.25) is 5.88 Å². The summed E-state index contributed by atoms with van der Waals surface area (Å²) in [5.74, 6) is 0.642. The molecule has 1 aromatic carbocycles. The zero-order valence-electron chi connectivity index (χ0n) is 13.2. The average molecular weight is 309 g/mol. The van der Waals surface area contributed by atoms with E-state index in [9.17, 15) is 0 Å². The molecule has 6 heteroatoms. The standard InChI is InChI=1S/C17H19N5O/c1-3-23-17-9-6-15(10-19-17)21-13(2)14-4-7-16(8-5-14)22-12-18-11-20-22/h4-13,21H,3H2,1-2H3. The number of hydrogen-bond acceptors (Lipinski definition) is 5. The van der Waals surface area contributed by atoms with Crippen LogP contribution >= 0.6 is 0 Å². The first-order valence-electron chi connectivity index (χ1n) is 7.56. The predicted octanol–water partition coefficient (Wildman–Crippen LogP) is 3.23. The van der Waals surface area contributed by atoms with Crippen LogP contribution in [0, 0.1) is 0 Å². The van der Waals surface area contributed by atoms with Crippen molar-refractivity contribution >= 4 is 5.69 Å². The zero-order chi connectivity index (χ0) is 16.1. The summed E-state index contributed by atoms with van der Waals surface area (Å²) in [6, 6.07) is 12.2. The lowest BCUT2D eigenvalue weighted by molar-refractivity contribution is 0.327. The van der Waals surface area contributed by atoms with Gasteiger partial charge in [0.15, 0.2) is 0 Å². The van der Waals surface area contributed by atoms with Crippen molar-refractivity contribution in [3.05, 3.63) is 60.8 Å². The van der Waals surface area contributed by atoms with Crippen LogP contribution in [0.25, 0.3) is 5.69 Å². The normalized spacial score (nSPS) is 11.9. The summed E-state index contributed by atoms with van der Waals surface area (Å²) in [7, 11) is 0. The first-order chi connectivity index (χ1) is 11.3. The molecule has 0 aliphatic heterocycles. The Morgan fingerprint density at radius 3 is 2.61 bits per heavy atom. The van der Waals surface area contributed by atoms with Crippen molar-refractivity contribution in [1.29, 1.82) is 0 Å². The summed E-state index contributed by atoms with van der Waals surface area (Å²) in [5.41, 5.74) is 3.13. The van der Waals surface area contributed by atoms with Crippen molar-refractivity contribution in [2.24, 2.45) is 0 Å². The fraction of sp³-hybridized carbons (Fsp3) is 0.235.